The van der Waals surface area contributed by atoms with Crippen LogP contribution in [0.1, 0.15) is 30.4 Å². The van der Waals surface area contributed by atoms with Crippen LogP contribution in [0.2, 0.25) is 0 Å². The average Bonchev–Trinajstić information content (AvgIpc) is 2.43. The lowest BCUT2D eigenvalue weighted by Crippen LogP contribution is -2.14. The molecule has 0 bridgehead atoms. The van der Waals surface area contributed by atoms with E-state index in [4.69, 9.17) is 9.47 Å². The molecule has 0 spiro atoms. The van der Waals surface area contributed by atoms with Gasteiger partial charge >= 0.3 is 0 Å². The summed E-state index contributed by atoms with van der Waals surface area (Å²) in [5.74, 6) is 2.54. The zero-order valence-electron chi connectivity index (χ0n) is 11.2. The van der Waals surface area contributed by atoms with Gasteiger partial charge in [-0.15, -0.1) is 0 Å². The minimum absolute atomic E-state index is 0.827. The molecule has 1 aromatic carbocycles. The molecule has 3 heteroatoms. The highest BCUT2D eigenvalue weighted by molar-refractivity contribution is 9.09. The SMILES string of the molecule is COc1cc2c(cc1OC)CC(CCCBr)CC2. The molecule has 100 valence electrons. The summed E-state index contributed by atoms with van der Waals surface area (Å²) in [6.45, 7) is 0. The molecule has 1 aliphatic rings. The summed E-state index contributed by atoms with van der Waals surface area (Å²) >= 11 is 3.51. The van der Waals surface area contributed by atoms with Crippen LogP contribution in [0.5, 0.6) is 11.5 Å². The second kappa shape index (κ2) is 6.46. The fourth-order valence-corrected chi connectivity index (χ4v) is 3.09. The van der Waals surface area contributed by atoms with Crippen molar-refractivity contribution in [1.29, 1.82) is 0 Å². The molecule has 0 aromatic heterocycles. The number of halogens is 1. The van der Waals surface area contributed by atoms with E-state index in [1.54, 1.807) is 14.2 Å². The third-order valence-corrected chi connectivity index (χ3v) is 4.34. The summed E-state index contributed by atoms with van der Waals surface area (Å²) in [5, 5.41) is 1.11. The van der Waals surface area contributed by atoms with Crippen LogP contribution in [0, 0.1) is 5.92 Å². The summed E-state index contributed by atoms with van der Waals surface area (Å²) in [5.41, 5.74) is 2.88. The highest BCUT2D eigenvalue weighted by atomic mass is 79.9. The van der Waals surface area contributed by atoms with Gasteiger partial charge in [0, 0.05) is 5.33 Å². The summed E-state index contributed by atoms with van der Waals surface area (Å²) in [7, 11) is 3.40. The molecule has 2 rings (SSSR count). The van der Waals surface area contributed by atoms with Gasteiger partial charge in [0.15, 0.2) is 11.5 Å². The topological polar surface area (TPSA) is 18.5 Å². The Morgan fingerprint density at radius 1 is 1.17 bits per heavy atom. The zero-order valence-corrected chi connectivity index (χ0v) is 12.8. The zero-order chi connectivity index (χ0) is 13.0. The molecular weight excluding hydrogens is 292 g/mol. The smallest absolute Gasteiger partial charge is 0.161 e. The van der Waals surface area contributed by atoms with E-state index in [0.717, 1.165) is 22.7 Å². The molecule has 0 fully saturated rings. The van der Waals surface area contributed by atoms with E-state index in [1.807, 2.05) is 0 Å². The van der Waals surface area contributed by atoms with Gasteiger partial charge in [-0.3, -0.25) is 0 Å². The van der Waals surface area contributed by atoms with Crippen molar-refractivity contribution >= 4 is 15.9 Å². The molecule has 0 heterocycles. The molecule has 1 aliphatic carbocycles. The molecule has 0 amide bonds. The Hall–Kier alpha value is -0.700. The van der Waals surface area contributed by atoms with Crippen molar-refractivity contribution in [3.05, 3.63) is 23.3 Å². The van der Waals surface area contributed by atoms with Gasteiger partial charge in [-0.25, -0.2) is 0 Å². The molecular formula is C15H21BrO2. The number of alkyl halides is 1. The van der Waals surface area contributed by atoms with Crippen LogP contribution < -0.4 is 9.47 Å². The van der Waals surface area contributed by atoms with E-state index < -0.39 is 0 Å². The molecule has 0 N–H and O–H groups in total. The van der Waals surface area contributed by atoms with Gasteiger partial charge in [0.2, 0.25) is 0 Å². The first-order valence-corrected chi connectivity index (χ1v) is 7.70. The summed E-state index contributed by atoms with van der Waals surface area (Å²) < 4.78 is 10.7. The largest absolute Gasteiger partial charge is 0.493 e. The predicted octanol–water partition coefficient (Wildman–Crippen LogP) is 3.98. The number of hydrogen-bond acceptors (Lipinski definition) is 2. The van der Waals surface area contributed by atoms with Gasteiger partial charge in [0.05, 0.1) is 14.2 Å². The quantitative estimate of drug-likeness (QED) is 0.766. The lowest BCUT2D eigenvalue weighted by Gasteiger charge is -2.25. The van der Waals surface area contributed by atoms with E-state index in [2.05, 4.69) is 28.1 Å². The first-order chi connectivity index (χ1) is 8.78. The molecule has 0 radical (unpaired) electrons. The van der Waals surface area contributed by atoms with Gasteiger partial charge < -0.3 is 9.47 Å². The highest BCUT2D eigenvalue weighted by Crippen LogP contribution is 2.36. The monoisotopic (exact) mass is 312 g/mol. The Kier molecular flexibility index (Phi) is 4.93. The van der Waals surface area contributed by atoms with Crippen LogP contribution in [0.15, 0.2) is 12.1 Å². The Balaban J connectivity index is 2.16. The van der Waals surface area contributed by atoms with Gasteiger partial charge in [0.25, 0.3) is 0 Å². The van der Waals surface area contributed by atoms with Gasteiger partial charge in [-0.2, -0.15) is 0 Å². The summed E-state index contributed by atoms with van der Waals surface area (Å²) in [4.78, 5) is 0. The lowest BCUT2D eigenvalue weighted by atomic mass is 9.81. The summed E-state index contributed by atoms with van der Waals surface area (Å²) in [6, 6.07) is 4.31. The standard InChI is InChI=1S/C15H21BrO2/c1-17-14-9-12-6-5-11(4-3-7-16)8-13(12)10-15(14)18-2/h9-11H,3-8H2,1-2H3. The van der Waals surface area contributed by atoms with E-state index in [1.165, 1.54) is 43.2 Å². The number of rotatable bonds is 5. The lowest BCUT2D eigenvalue weighted by molar-refractivity contribution is 0.351. The number of benzene rings is 1. The van der Waals surface area contributed by atoms with Crippen LogP contribution in [-0.4, -0.2) is 19.5 Å². The molecule has 1 aromatic rings. The Morgan fingerprint density at radius 2 is 1.83 bits per heavy atom. The van der Waals surface area contributed by atoms with Crippen LogP contribution >= 0.6 is 15.9 Å². The molecule has 2 nitrogen and oxygen atoms in total. The van der Waals surface area contributed by atoms with Crippen LogP contribution in [0.3, 0.4) is 0 Å². The van der Waals surface area contributed by atoms with Crippen molar-refractivity contribution in [2.75, 3.05) is 19.5 Å². The normalized spacial score (nSPS) is 18.3. The van der Waals surface area contributed by atoms with E-state index >= 15 is 0 Å². The Bertz CT molecular complexity index is 404. The third-order valence-electron chi connectivity index (χ3n) is 3.78. The average molecular weight is 313 g/mol. The minimum atomic E-state index is 0.827. The molecule has 0 saturated carbocycles. The van der Waals surface area contributed by atoms with Gasteiger partial charge in [0.1, 0.15) is 0 Å². The number of aryl methyl sites for hydroxylation is 1. The van der Waals surface area contributed by atoms with Gasteiger partial charge in [-0.05, 0) is 61.3 Å². The highest BCUT2D eigenvalue weighted by Gasteiger charge is 2.20. The van der Waals surface area contributed by atoms with Crippen LogP contribution in [0.4, 0.5) is 0 Å². The maximum Gasteiger partial charge on any atom is 0.161 e. The number of methoxy groups -OCH3 is 2. The number of ether oxygens (including phenoxy) is 2. The number of hydrogen-bond donors (Lipinski definition) is 0. The summed E-state index contributed by atoms with van der Waals surface area (Å²) in [6.07, 6.45) is 6.24. The second-order valence-electron chi connectivity index (χ2n) is 4.92. The van der Waals surface area contributed by atoms with E-state index in [0.29, 0.717) is 0 Å². The van der Waals surface area contributed by atoms with Crippen molar-refractivity contribution in [1.82, 2.24) is 0 Å². The third kappa shape index (κ3) is 3.00. The second-order valence-corrected chi connectivity index (χ2v) is 5.71. The Morgan fingerprint density at radius 3 is 2.44 bits per heavy atom. The predicted molar refractivity (Wildman–Crippen MR) is 78.1 cm³/mol. The van der Waals surface area contributed by atoms with Crippen LogP contribution in [-0.2, 0) is 12.8 Å². The van der Waals surface area contributed by atoms with E-state index in [9.17, 15) is 0 Å². The van der Waals surface area contributed by atoms with Crippen molar-refractivity contribution in [2.45, 2.75) is 32.1 Å². The van der Waals surface area contributed by atoms with Crippen molar-refractivity contribution in [2.24, 2.45) is 5.92 Å². The van der Waals surface area contributed by atoms with Crippen molar-refractivity contribution < 1.29 is 9.47 Å². The molecule has 1 atom stereocenters. The van der Waals surface area contributed by atoms with Crippen LogP contribution in [0.25, 0.3) is 0 Å². The maximum absolute atomic E-state index is 5.39. The first kappa shape index (κ1) is 13.7. The molecule has 0 aliphatic heterocycles. The molecule has 1 unspecified atom stereocenters. The van der Waals surface area contributed by atoms with Crippen molar-refractivity contribution in [3.63, 3.8) is 0 Å². The van der Waals surface area contributed by atoms with E-state index in [-0.39, 0.29) is 0 Å². The maximum atomic E-state index is 5.39. The first-order valence-electron chi connectivity index (χ1n) is 6.58. The molecule has 18 heavy (non-hydrogen) atoms. The molecule has 0 saturated heterocycles. The Labute approximate surface area is 118 Å². The fourth-order valence-electron chi connectivity index (χ4n) is 2.77. The fraction of sp³-hybridized carbons (Fsp3) is 0.600. The van der Waals surface area contributed by atoms with Gasteiger partial charge in [-0.1, -0.05) is 15.9 Å². The number of fused-ring (bicyclic) bond motifs is 1. The minimum Gasteiger partial charge on any atom is -0.493 e. The van der Waals surface area contributed by atoms with Crippen molar-refractivity contribution in [3.8, 4) is 11.5 Å².